The smallest absolute Gasteiger partial charge is 0.151 e. The van der Waals surface area contributed by atoms with E-state index in [0.29, 0.717) is 17.2 Å². The molecule has 2 unspecified atom stereocenters. The van der Waals surface area contributed by atoms with Gasteiger partial charge in [-0.15, -0.1) is 0 Å². The molecule has 0 saturated carbocycles. The molecule has 1 aromatic rings. The summed E-state index contributed by atoms with van der Waals surface area (Å²) in [6, 6.07) is 5.91. The summed E-state index contributed by atoms with van der Waals surface area (Å²) in [5.41, 5.74) is 2.09. The number of sulfone groups is 1. The molecule has 0 aromatic heterocycles. The summed E-state index contributed by atoms with van der Waals surface area (Å²) in [5, 5.41) is 4.05. The molecule has 2 aliphatic heterocycles. The van der Waals surface area contributed by atoms with E-state index in [1.807, 2.05) is 18.2 Å². The number of hydrogen-bond donors (Lipinski definition) is 1. The molecular weight excluding hydrogens is 246 g/mol. The first-order valence-corrected chi connectivity index (χ1v) is 7.51. The van der Waals surface area contributed by atoms with Crippen LogP contribution in [0.3, 0.4) is 0 Å². The van der Waals surface area contributed by atoms with Crippen molar-refractivity contribution in [3.8, 4) is 0 Å². The van der Waals surface area contributed by atoms with E-state index in [1.165, 1.54) is 0 Å². The van der Waals surface area contributed by atoms with Crippen LogP contribution in [-0.4, -0.2) is 26.0 Å². The van der Waals surface area contributed by atoms with Crippen molar-refractivity contribution in [1.82, 2.24) is 0 Å². The lowest BCUT2D eigenvalue weighted by Gasteiger charge is -2.25. The summed E-state index contributed by atoms with van der Waals surface area (Å²) >= 11 is 5.95. The van der Waals surface area contributed by atoms with Gasteiger partial charge in [0.25, 0.3) is 0 Å². The van der Waals surface area contributed by atoms with Crippen LogP contribution < -0.4 is 5.32 Å². The molecule has 0 spiro atoms. The average molecular weight is 258 g/mol. The zero-order chi connectivity index (χ0) is 11.3. The molecule has 0 amide bonds. The lowest BCUT2D eigenvalue weighted by Crippen LogP contribution is -2.35. The van der Waals surface area contributed by atoms with Crippen LogP contribution in [0.4, 0.5) is 5.69 Å². The number of rotatable bonds is 0. The predicted octanol–water partition coefficient (Wildman–Crippen LogP) is 2.04. The second-order valence-corrected chi connectivity index (χ2v) is 7.16. The van der Waals surface area contributed by atoms with Gasteiger partial charge in [-0.25, -0.2) is 8.42 Å². The Balaban J connectivity index is 2.05. The number of nitrogens with one attached hydrogen (secondary N) is 1. The topological polar surface area (TPSA) is 46.2 Å². The van der Waals surface area contributed by atoms with Gasteiger partial charge in [0.15, 0.2) is 9.84 Å². The highest BCUT2D eigenvalue weighted by Crippen LogP contribution is 2.41. The van der Waals surface area contributed by atoms with Crippen LogP contribution in [-0.2, 0) is 9.84 Å². The minimum atomic E-state index is -2.88. The Bertz CT molecular complexity index is 541. The van der Waals surface area contributed by atoms with Gasteiger partial charge >= 0.3 is 0 Å². The van der Waals surface area contributed by atoms with Crippen molar-refractivity contribution in [2.45, 2.75) is 18.4 Å². The second-order valence-electron chi connectivity index (χ2n) is 4.49. The van der Waals surface area contributed by atoms with E-state index in [1.54, 1.807) is 0 Å². The zero-order valence-corrected chi connectivity index (χ0v) is 10.2. The maximum atomic E-state index is 11.6. The van der Waals surface area contributed by atoms with Gasteiger partial charge in [-0.3, -0.25) is 0 Å². The molecular formula is C11H12ClNO2S. The summed E-state index contributed by atoms with van der Waals surface area (Å²) in [6.07, 6.45) is 0.694. The van der Waals surface area contributed by atoms with E-state index in [-0.39, 0.29) is 17.7 Å². The fourth-order valence-corrected chi connectivity index (χ4v) is 4.55. The van der Waals surface area contributed by atoms with Gasteiger partial charge in [0.05, 0.1) is 11.5 Å². The molecule has 1 saturated heterocycles. The van der Waals surface area contributed by atoms with Crippen molar-refractivity contribution in [1.29, 1.82) is 0 Å². The third-order valence-corrected chi connectivity index (χ3v) is 5.37. The number of fused-ring (bicyclic) bond motifs is 3. The summed E-state index contributed by atoms with van der Waals surface area (Å²) in [7, 11) is -2.88. The first kappa shape index (κ1) is 10.4. The van der Waals surface area contributed by atoms with E-state index >= 15 is 0 Å². The minimum absolute atomic E-state index is 0.0763. The Hall–Kier alpha value is -0.740. The molecule has 5 heteroatoms. The van der Waals surface area contributed by atoms with E-state index < -0.39 is 9.84 Å². The molecule has 2 atom stereocenters. The number of anilines is 1. The maximum Gasteiger partial charge on any atom is 0.151 e. The fraction of sp³-hybridized carbons (Fsp3) is 0.455. The second kappa shape index (κ2) is 3.37. The van der Waals surface area contributed by atoms with Gasteiger partial charge < -0.3 is 5.32 Å². The number of hydrogen-bond acceptors (Lipinski definition) is 3. The molecule has 3 nitrogen and oxygen atoms in total. The Morgan fingerprint density at radius 2 is 2.19 bits per heavy atom. The van der Waals surface area contributed by atoms with Crippen LogP contribution in [0, 0.1) is 0 Å². The van der Waals surface area contributed by atoms with E-state index in [9.17, 15) is 8.42 Å². The van der Waals surface area contributed by atoms with Gasteiger partial charge in [-0.1, -0.05) is 11.6 Å². The summed E-state index contributed by atoms with van der Waals surface area (Å²) in [6.45, 7) is 0. The Kier molecular flexibility index (Phi) is 2.20. The lowest BCUT2D eigenvalue weighted by molar-refractivity contribution is 0.539. The van der Waals surface area contributed by atoms with Crippen molar-refractivity contribution in [3.63, 3.8) is 0 Å². The zero-order valence-electron chi connectivity index (χ0n) is 8.61. The minimum Gasteiger partial charge on any atom is -0.381 e. The Morgan fingerprint density at radius 1 is 1.38 bits per heavy atom. The van der Waals surface area contributed by atoms with Crippen molar-refractivity contribution >= 4 is 27.1 Å². The highest BCUT2D eigenvalue weighted by atomic mass is 35.5. The van der Waals surface area contributed by atoms with Gasteiger partial charge in [-0.2, -0.15) is 0 Å². The van der Waals surface area contributed by atoms with E-state index in [2.05, 4.69) is 5.32 Å². The van der Waals surface area contributed by atoms with E-state index in [4.69, 9.17) is 11.6 Å². The molecule has 1 fully saturated rings. The molecule has 0 bridgehead atoms. The van der Waals surface area contributed by atoms with Crippen LogP contribution in [0.2, 0.25) is 5.02 Å². The van der Waals surface area contributed by atoms with Crippen molar-refractivity contribution in [2.24, 2.45) is 0 Å². The Labute approximate surface area is 99.7 Å². The number of halogens is 1. The molecule has 1 N–H and O–H groups in total. The van der Waals surface area contributed by atoms with Crippen LogP contribution >= 0.6 is 11.6 Å². The van der Waals surface area contributed by atoms with Gasteiger partial charge in [0.2, 0.25) is 0 Å². The molecule has 16 heavy (non-hydrogen) atoms. The highest BCUT2D eigenvalue weighted by molar-refractivity contribution is 7.91. The molecule has 3 rings (SSSR count). The normalized spacial score (nSPS) is 30.3. The van der Waals surface area contributed by atoms with Gasteiger partial charge in [0.1, 0.15) is 0 Å². The number of benzene rings is 1. The average Bonchev–Trinajstić information content (AvgIpc) is 2.55. The van der Waals surface area contributed by atoms with Crippen molar-refractivity contribution in [2.75, 3.05) is 16.8 Å². The maximum absolute atomic E-state index is 11.6. The third kappa shape index (κ3) is 1.60. The largest absolute Gasteiger partial charge is 0.381 e. The molecule has 0 radical (unpaired) electrons. The monoisotopic (exact) mass is 257 g/mol. The summed E-state index contributed by atoms with van der Waals surface area (Å²) in [4.78, 5) is 0. The third-order valence-electron chi connectivity index (χ3n) is 3.41. The van der Waals surface area contributed by atoms with Crippen molar-refractivity contribution < 1.29 is 8.42 Å². The Morgan fingerprint density at radius 3 is 3.00 bits per heavy atom. The standard InChI is InChI=1S/C11H12ClNO2S/c12-7-1-2-10-8(5-7)9-6-16(14,15)4-3-11(9)13-10/h1-2,5,9,11,13H,3-4,6H2. The molecule has 86 valence electrons. The molecule has 2 heterocycles. The SMILES string of the molecule is O=S1(=O)CCC2Nc3ccc(Cl)cc3C2C1. The fourth-order valence-electron chi connectivity index (χ4n) is 2.63. The molecule has 1 aromatic carbocycles. The summed E-state index contributed by atoms with van der Waals surface area (Å²) in [5.74, 6) is 0.619. The first-order valence-electron chi connectivity index (χ1n) is 5.31. The molecule has 2 aliphatic rings. The van der Waals surface area contributed by atoms with Crippen LogP contribution in [0.15, 0.2) is 18.2 Å². The predicted molar refractivity (Wildman–Crippen MR) is 64.9 cm³/mol. The highest BCUT2D eigenvalue weighted by Gasteiger charge is 2.39. The van der Waals surface area contributed by atoms with Crippen LogP contribution in [0.25, 0.3) is 0 Å². The first-order chi connectivity index (χ1) is 7.55. The van der Waals surface area contributed by atoms with Gasteiger partial charge in [-0.05, 0) is 30.2 Å². The lowest BCUT2D eigenvalue weighted by atomic mass is 9.95. The van der Waals surface area contributed by atoms with Gasteiger partial charge in [0, 0.05) is 22.7 Å². The van der Waals surface area contributed by atoms with Crippen LogP contribution in [0.5, 0.6) is 0 Å². The molecule has 0 aliphatic carbocycles. The van der Waals surface area contributed by atoms with E-state index in [0.717, 1.165) is 11.3 Å². The quantitative estimate of drug-likeness (QED) is 0.774. The summed E-state index contributed by atoms with van der Waals surface area (Å²) < 4.78 is 23.3. The van der Waals surface area contributed by atoms with Crippen molar-refractivity contribution in [3.05, 3.63) is 28.8 Å². The van der Waals surface area contributed by atoms with Crippen LogP contribution in [0.1, 0.15) is 17.9 Å².